The molecule has 5 heteroatoms. The van der Waals surface area contributed by atoms with Crippen LogP contribution in [-0.4, -0.2) is 26.1 Å². The van der Waals surface area contributed by atoms with Crippen LogP contribution in [0.25, 0.3) is 0 Å². The van der Waals surface area contributed by atoms with Gasteiger partial charge < -0.3 is 9.67 Å². The first-order valence-corrected chi connectivity index (χ1v) is 9.85. The molecule has 0 aliphatic rings. The van der Waals surface area contributed by atoms with Gasteiger partial charge in [0.1, 0.15) is 5.75 Å². The number of hydrogen-bond acceptors (Lipinski definition) is 4. The number of nitrogens with zero attached hydrogens (tertiary/aromatic N) is 3. The zero-order valence-corrected chi connectivity index (χ0v) is 16.6. The summed E-state index contributed by atoms with van der Waals surface area (Å²) in [6.45, 7) is 9.95. The van der Waals surface area contributed by atoms with Gasteiger partial charge in [-0.1, -0.05) is 12.1 Å². The molecular formula is C21H27N3OS. The lowest BCUT2D eigenvalue weighted by Gasteiger charge is -2.23. The predicted molar refractivity (Wildman–Crippen MR) is 108 cm³/mol. The van der Waals surface area contributed by atoms with E-state index in [1.165, 1.54) is 15.3 Å². The summed E-state index contributed by atoms with van der Waals surface area (Å²) in [7, 11) is 0. The number of phenols is 1. The van der Waals surface area contributed by atoms with E-state index < -0.39 is 0 Å². The van der Waals surface area contributed by atoms with Crippen molar-refractivity contribution in [1.29, 1.82) is 0 Å². The van der Waals surface area contributed by atoms with Crippen molar-refractivity contribution in [3.63, 3.8) is 0 Å². The van der Waals surface area contributed by atoms with Crippen molar-refractivity contribution < 1.29 is 5.11 Å². The number of benzene rings is 1. The summed E-state index contributed by atoms with van der Waals surface area (Å²) in [4.78, 5) is 9.36. The van der Waals surface area contributed by atoms with Crippen molar-refractivity contribution in [1.82, 2.24) is 14.5 Å². The number of aromatic nitrogens is 2. The van der Waals surface area contributed by atoms with Crippen molar-refractivity contribution in [3.05, 3.63) is 69.4 Å². The van der Waals surface area contributed by atoms with Crippen molar-refractivity contribution in [3.8, 4) is 5.75 Å². The minimum atomic E-state index is 0.411. The molecule has 0 amide bonds. The Morgan fingerprint density at radius 2 is 1.88 bits per heavy atom. The number of imidazole rings is 1. The highest BCUT2D eigenvalue weighted by Crippen LogP contribution is 2.25. The minimum Gasteiger partial charge on any atom is -0.507 e. The molecule has 3 rings (SSSR count). The molecule has 138 valence electrons. The van der Waals surface area contributed by atoms with Gasteiger partial charge in [0.15, 0.2) is 0 Å². The fourth-order valence-electron chi connectivity index (χ4n) is 3.30. The lowest BCUT2D eigenvalue weighted by atomic mass is 10.1. The van der Waals surface area contributed by atoms with E-state index in [4.69, 9.17) is 0 Å². The van der Waals surface area contributed by atoms with E-state index in [0.717, 1.165) is 43.7 Å². The summed E-state index contributed by atoms with van der Waals surface area (Å²) in [6, 6.07) is 8.63. The molecule has 1 aromatic carbocycles. The fourth-order valence-corrected chi connectivity index (χ4v) is 4.23. The molecular weight excluding hydrogens is 342 g/mol. The van der Waals surface area contributed by atoms with E-state index in [0.29, 0.717) is 5.75 Å². The summed E-state index contributed by atoms with van der Waals surface area (Å²) in [5, 5.41) is 10.0. The molecule has 2 aromatic heterocycles. The van der Waals surface area contributed by atoms with Crippen molar-refractivity contribution >= 4 is 11.3 Å². The highest BCUT2D eigenvalue weighted by Gasteiger charge is 2.11. The Morgan fingerprint density at radius 3 is 2.50 bits per heavy atom. The Balaban J connectivity index is 1.69. The smallest absolute Gasteiger partial charge is 0.121 e. The van der Waals surface area contributed by atoms with Crippen LogP contribution < -0.4 is 0 Å². The van der Waals surface area contributed by atoms with Crippen LogP contribution in [0.15, 0.2) is 43.0 Å². The Bertz CT molecular complexity index is 816. The average Bonchev–Trinajstić information content (AvgIpc) is 3.24. The van der Waals surface area contributed by atoms with E-state index in [9.17, 15) is 5.11 Å². The number of aromatic hydroxyl groups is 1. The van der Waals surface area contributed by atoms with Gasteiger partial charge in [0.05, 0.1) is 6.33 Å². The second-order valence-electron chi connectivity index (χ2n) is 6.96. The molecule has 26 heavy (non-hydrogen) atoms. The van der Waals surface area contributed by atoms with E-state index in [1.807, 2.05) is 43.9 Å². The molecule has 0 unspecified atom stereocenters. The standard InChI is InChI=1S/C21H27N3OS/c1-16-11-19(12-17(2)21(16)25)13-24(14-20-6-5-18(3)26-20)9-4-8-23-10-7-22-15-23/h5-7,10-12,15,25H,4,8-9,13-14H2,1-3H3. The molecule has 0 saturated heterocycles. The molecule has 1 N–H and O–H groups in total. The molecule has 3 aromatic rings. The highest BCUT2D eigenvalue weighted by atomic mass is 32.1. The van der Waals surface area contributed by atoms with E-state index in [1.54, 1.807) is 0 Å². The van der Waals surface area contributed by atoms with Crippen molar-refractivity contribution in [2.75, 3.05) is 6.54 Å². The molecule has 0 spiro atoms. The Hall–Kier alpha value is -2.11. The largest absolute Gasteiger partial charge is 0.507 e. The average molecular weight is 370 g/mol. The van der Waals surface area contributed by atoms with Gasteiger partial charge in [0.2, 0.25) is 0 Å². The minimum absolute atomic E-state index is 0.411. The normalized spacial score (nSPS) is 11.4. The van der Waals surface area contributed by atoms with Crippen LogP contribution in [0.1, 0.15) is 32.9 Å². The lowest BCUT2D eigenvalue weighted by Crippen LogP contribution is -2.24. The van der Waals surface area contributed by atoms with Gasteiger partial charge in [-0.25, -0.2) is 4.98 Å². The molecule has 2 heterocycles. The fraction of sp³-hybridized carbons (Fsp3) is 0.381. The first kappa shape index (κ1) is 18.7. The predicted octanol–water partition coefficient (Wildman–Crippen LogP) is 4.67. The highest BCUT2D eigenvalue weighted by molar-refractivity contribution is 7.11. The van der Waals surface area contributed by atoms with Crippen LogP contribution >= 0.6 is 11.3 Å². The van der Waals surface area contributed by atoms with Crippen LogP contribution in [-0.2, 0) is 19.6 Å². The molecule has 0 fully saturated rings. The molecule has 4 nitrogen and oxygen atoms in total. The first-order valence-electron chi connectivity index (χ1n) is 9.04. The summed E-state index contributed by atoms with van der Waals surface area (Å²) in [5.41, 5.74) is 3.16. The van der Waals surface area contributed by atoms with Crippen LogP contribution in [0.5, 0.6) is 5.75 Å². The number of phenolic OH excluding ortho intramolecular Hbond substituents is 1. The lowest BCUT2D eigenvalue weighted by molar-refractivity contribution is 0.250. The van der Waals surface area contributed by atoms with Crippen LogP contribution in [0.3, 0.4) is 0 Å². The number of rotatable bonds is 8. The van der Waals surface area contributed by atoms with Crippen LogP contribution in [0.4, 0.5) is 0 Å². The van der Waals surface area contributed by atoms with Gasteiger partial charge in [-0.3, -0.25) is 4.90 Å². The third kappa shape index (κ3) is 4.96. The zero-order chi connectivity index (χ0) is 18.5. The quantitative estimate of drug-likeness (QED) is 0.627. The zero-order valence-electron chi connectivity index (χ0n) is 15.8. The molecule has 0 aliphatic heterocycles. The first-order chi connectivity index (χ1) is 12.5. The number of thiophene rings is 1. The Kier molecular flexibility index (Phi) is 6.12. The van der Waals surface area contributed by atoms with Gasteiger partial charge in [-0.15, -0.1) is 11.3 Å². The molecule has 0 bridgehead atoms. The van der Waals surface area contributed by atoms with Crippen LogP contribution in [0, 0.1) is 20.8 Å². The van der Waals surface area contributed by atoms with Crippen molar-refractivity contribution in [2.24, 2.45) is 0 Å². The number of hydrogen-bond donors (Lipinski definition) is 1. The topological polar surface area (TPSA) is 41.3 Å². The maximum Gasteiger partial charge on any atom is 0.121 e. The SMILES string of the molecule is Cc1ccc(CN(CCCn2ccnc2)Cc2cc(C)c(O)c(C)c2)s1. The maximum atomic E-state index is 10.0. The van der Waals surface area contributed by atoms with E-state index >= 15 is 0 Å². The molecule has 0 aliphatic carbocycles. The third-order valence-electron chi connectivity index (χ3n) is 4.58. The maximum absolute atomic E-state index is 10.0. The third-order valence-corrected chi connectivity index (χ3v) is 5.57. The van der Waals surface area contributed by atoms with E-state index in [2.05, 4.69) is 45.6 Å². The summed E-state index contributed by atoms with van der Waals surface area (Å²) in [6.07, 6.45) is 6.80. The summed E-state index contributed by atoms with van der Waals surface area (Å²) in [5.74, 6) is 0.411. The Morgan fingerprint density at radius 1 is 1.12 bits per heavy atom. The van der Waals surface area contributed by atoms with Crippen LogP contribution in [0.2, 0.25) is 0 Å². The monoisotopic (exact) mass is 369 g/mol. The van der Waals surface area contributed by atoms with Crippen molar-refractivity contribution in [2.45, 2.75) is 46.8 Å². The van der Waals surface area contributed by atoms with Gasteiger partial charge in [-0.05, 0) is 56.0 Å². The van der Waals surface area contributed by atoms with Gasteiger partial charge in [-0.2, -0.15) is 0 Å². The van der Waals surface area contributed by atoms with Gasteiger partial charge in [0, 0.05) is 48.3 Å². The number of aryl methyl sites for hydroxylation is 4. The molecule has 0 atom stereocenters. The second-order valence-corrected chi connectivity index (χ2v) is 8.33. The second kappa shape index (κ2) is 8.52. The summed E-state index contributed by atoms with van der Waals surface area (Å²) < 4.78 is 2.13. The van der Waals surface area contributed by atoms with Gasteiger partial charge >= 0.3 is 0 Å². The molecule has 0 saturated carbocycles. The summed E-state index contributed by atoms with van der Waals surface area (Å²) >= 11 is 1.87. The Labute approximate surface area is 159 Å². The van der Waals surface area contributed by atoms with E-state index in [-0.39, 0.29) is 0 Å². The van der Waals surface area contributed by atoms with Gasteiger partial charge in [0.25, 0.3) is 0 Å². The molecule has 0 radical (unpaired) electrons.